The van der Waals surface area contributed by atoms with Crippen LogP contribution >= 0.6 is 0 Å². The van der Waals surface area contributed by atoms with E-state index in [2.05, 4.69) is 36.1 Å². The lowest BCUT2D eigenvalue weighted by atomic mass is 10.1. The van der Waals surface area contributed by atoms with Gasteiger partial charge in [-0.3, -0.25) is 0 Å². The minimum absolute atomic E-state index is 0.0505. The Bertz CT molecular complexity index is 333. The van der Waals surface area contributed by atoms with E-state index in [0.717, 1.165) is 5.82 Å². The van der Waals surface area contributed by atoms with Gasteiger partial charge in [-0.2, -0.15) is 0 Å². The SMILES string of the molecule is COCc1nc(N)cc(NC(C)(C)C)n1. The minimum Gasteiger partial charge on any atom is -0.384 e. The zero-order valence-corrected chi connectivity index (χ0v) is 9.66. The maximum atomic E-state index is 5.66. The average Bonchev–Trinajstić information content (AvgIpc) is 1.99. The molecule has 0 aliphatic carbocycles. The summed E-state index contributed by atoms with van der Waals surface area (Å²) in [5.74, 6) is 1.76. The van der Waals surface area contributed by atoms with Crippen LogP contribution in [0, 0.1) is 0 Å². The van der Waals surface area contributed by atoms with Crippen molar-refractivity contribution in [1.82, 2.24) is 9.97 Å². The Morgan fingerprint density at radius 1 is 1.40 bits per heavy atom. The van der Waals surface area contributed by atoms with Gasteiger partial charge in [0.15, 0.2) is 5.82 Å². The van der Waals surface area contributed by atoms with Gasteiger partial charge in [-0.05, 0) is 20.8 Å². The number of rotatable bonds is 3. The van der Waals surface area contributed by atoms with Crippen molar-refractivity contribution in [2.45, 2.75) is 32.9 Å². The van der Waals surface area contributed by atoms with Gasteiger partial charge in [0.25, 0.3) is 0 Å². The molecule has 15 heavy (non-hydrogen) atoms. The molecule has 1 rings (SSSR count). The molecule has 3 N–H and O–H groups in total. The lowest BCUT2D eigenvalue weighted by molar-refractivity contribution is 0.178. The van der Waals surface area contributed by atoms with Crippen LogP contribution in [-0.4, -0.2) is 22.6 Å². The molecule has 5 heteroatoms. The molecule has 0 amide bonds. The van der Waals surface area contributed by atoms with Crippen molar-refractivity contribution in [3.05, 3.63) is 11.9 Å². The fraction of sp³-hybridized carbons (Fsp3) is 0.600. The van der Waals surface area contributed by atoms with Gasteiger partial charge in [-0.1, -0.05) is 0 Å². The van der Waals surface area contributed by atoms with E-state index in [0.29, 0.717) is 18.2 Å². The molecule has 1 heterocycles. The number of ether oxygens (including phenoxy) is 1. The van der Waals surface area contributed by atoms with Gasteiger partial charge < -0.3 is 15.8 Å². The quantitative estimate of drug-likeness (QED) is 0.789. The molecule has 1 aromatic heterocycles. The van der Waals surface area contributed by atoms with Crippen LogP contribution in [0.25, 0.3) is 0 Å². The van der Waals surface area contributed by atoms with Crippen molar-refractivity contribution >= 4 is 11.6 Å². The van der Waals surface area contributed by atoms with Crippen LogP contribution < -0.4 is 11.1 Å². The van der Waals surface area contributed by atoms with Crippen molar-refractivity contribution in [2.75, 3.05) is 18.2 Å². The summed E-state index contributed by atoms with van der Waals surface area (Å²) in [6.45, 7) is 6.54. The Morgan fingerprint density at radius 3 is 2.60 bits per heavy atom. The van der Waals surface area contributed by atoms with E-state index < -0.39 is 0 Å². The van der Waals surface area contributed by atoms with E-state index in [1.807, 2.05) is 0 Å². The highest BCUT2D eigenvalue weighted by atomic mass is 16.5. The highest BCUT2D eigenvalue weighted by Gasteiger charge is 2.11. The topological polar surface area (TPSA) is 73.1 Å². The largest absolute Gasteiger partial charge is 0.384 e. The van der Waals surface area contributed by atoms with Crippen LogP contribution in [0.15, 0.2) is 6.07 Å². The van der Waals surface area contributed by atoms with E-state index in [1.165, 1.54) is 0 Å². The molecule has 0 aliphatic rings. The van der Waals surface area contributed by atoms with Gasteiger partial charge in [-0.15, -0.1) is 0 Å². The summed E-state index contributed by atoms with van der Waals surface area (Å²) in [4.78, 5) is 8.34. The number of nitrogen functional groups attached to an aromatic ring is 1. The number of nitrogens with two attached hydrogens (primary N) is 1. The van der Waals surface area contributed by atoms with E-state index in [-0.39, 0.29) is 5.54 Å². The molecule has 0 unspecified atom stereocenters. The molecule has 1 aromatic rings. The smallest absolute Gasteiger partial charge is 0.158 e. The van der Waals surface area contributed by atoms with Crippen LogP contribution in [0.1, 0.15) is 26.6 Å². The second kappa shape index (κ2) is 4.44. The minimum atomic E-state index is -0.0505. The molecular weight excluding hydrogens is 192 g/mol. The molecule has 5 nitrogen and oxygen atoms in total. The van der Waals surface area contributed by atoms with E-state index in [9.17, 15) is 0 Å². The Balaban J connectivity index is 2.88. The van der Waals surface area contributed by atoms with Gasteiger partial charge in [0.2, 0.25) is 0 Å². The molecule has 0 aromatic carbocycles. The summed E-state index contributed by atoms with van der Waals surface area (Å²) >= 11 is 0. The zero-order chi connectivity index (χ0) is 11.5. The van der Waals surface area contributed by atoms with E-state index in [4.69, 9.17) is 10.5 Å². The number of nitrogens with one attached hydrogen (secondary N) is 1. The van der Waals surface area contributed by atoms with Crippen LogP contribution in [0.2, 0.25) is 0 Å². The maximum absolute atomic E-state index is 5.66. The summed E-state index contributed by atoms with van der Waals surface area (Å²) in [7, 11) is 1.60. The number of anilines is 2. The monoisotopic (exact) mass is 210 g/mol. The first-order valence-corrected chi connectivity index (χ1v) is 4.81. The predicted octanol–water partition coefficient (Wildman–Crippen LogP) is 1.42. The maximum Gasteiger partial charge on any atom is 0.158 e. The van der Waals surface area contributed by atoms with Gasteiger partial charge in [0.05, 0.1) is 0 Å². The summed E-state index contributed by atoms with van der Waals surface area (Å²) in [5, 5.41) is 3.23. The summed E-state index contributed by atoms with van der Waals surface area (Å²) in [6.07, 6.45) is 0. The lowest BCUT2D eigenvalue weighted by Crippen LogP contribution is -2.27. The molecule has 0 spiro atoms. The normalized spacial score (nSPS) is 11.5. The zero-order valence-electron chi connectivity index (χ0n) is 9.66. The predicted molar refractivity (Wildman–Crippen MR) is 60.5 cm³/mol. The van der Waals surface area contributed by atoms with Gasteiger partial charge >= 0.3 is 0 Å². The third kappa shape index (κ3) is 4.12. The Labute approximate surface area is 90.1 Å². The second-order valence-corrected chi connectivity index (χ2v) is 4.40. The molecule has 0 bridgehead atoms. The third-order valence-corrected chi connectivity index (χ3v) is 1.57. The number of hydrogen-bond donors (Lipinski definition) is 2. The number of methoxy groups -OCH3 is 1. The van der Waals surface area contributed by atoms with Crippen molar-refractivity contribution in [1.29, 1.82) is 0 Å². The second-order valence-electron chi connectivity index (χ2n) is 4.40. The van der Waals surface area contributed by atoms with Crippen LogP contribution in [0.5, 0.6) is 0 Å². The Hall–Kier alpha value is -1.36. The van der Waals surface area contributed by atoms with Gasteiger partial charge in [-0.25, -0.2) is 9.97 Å². The van der Waals surface area contributed by atoms with E-state index in [1.54, 1.807) is 13.2 Å². The number of aromatic nitrogens is 2. The fourth-order valence-corrected chi connectivity index (χ4v) is 1.16. The standard InChI is InChI=1S/C10H18N4O/c1-10(2,3)14-8-5-7(11)12-9(13-8)6-15-4/h5H,6H2,1-4H3,(H3,11,12,13,14). The highest BCUT2D eigenvalue weighted by molar-refractivity contribution is 5.45. The molecule has 0 radical (unpaired) electrons. The first-order valence-electron chi connectivity index (χ1n) is 4.81. The summed E-state index contributed by atoms with van der Waals surface area (Å²) in [6, 6.07) is 1.71. The Morgan fingerprint density at radius 2 is 2.07 bits per heavy atom. The fourth-order valence-electron chi connectivity index (χ4n) is 1.16. The Kier molecular flexibility index (Phi) is 3.47. The first kappa shape index (κ1) is 11.7. The van der Waals surface area contributed by atoms with Crippen molar-refractivity contribution in [3.8, 4) is 0 Å². The molecule has 0 aliphatic heterocycles. The van der Waals surface area contributed by atoms with Crippen LogP contribution in [0.3, 0.4) is 0 Å². The molecule has 0 fully saturated rings. The van der Waals surface area contributed by atoms with Crippen LogP contribution in [-0.2, 0) is 11.3 Å². The number of hydrogen-bond acceptors (Lipinski definition) is 5. The van der Waals surface area contributed by atoms with Crippen LogP contribution in [0.4, 0.5) is 11.6 Å². The first-order chi connectivity index (χ1) is 6.90. The van der Waals surface area contributed by atoms with Gasteiger partial charge in [0.1, 0.15) is 18.2 Å². The lowest BCUT2D eigenvalue weighted by Gasteiger charge is -2.21. The number of nitrogens with zero attached hydrogens (tertiary/aromatic N) is 2. The van der Waals surface area contributed by atoms with Crippen molar-refractivity contribution in [2.24, 2.45) is 0 Å². The van der Waals surface area contributed by atoms with Crippen molar-refractivity contribution in [3.63, 3.8) is 0 Å². The molecule has 0 saturated heterocycles. The molecular formula is C10H18N4O. The van der Waals surface area contributed by atoms with Crippen molar-refractivity contribution < 1.29 is 4.74 Å². The van der Waals surface area contributed by atoms with E-state index >= 15 is 0 Å². The average molecular weight is 210 g/mol. The third-order valence-electron chi connectivity index (χ3n) is 1.57. The summed E-state index contributed by atoms with van der Waals surface area (Å²) in [5.41, 5.74) is 5.61. The van der Waals surface area contributed by atoms with Gasteiger partial charge in [0, 0.05) is 18.7 Å². The molecule has 0 atom stereocenters. The highest BCUT2D eigenvalue weighted by Crippen LogP contribution is 2.14. The summed E-state index contributed by atoms with van der Waals surface area (Å²) < 4.78 is 4.96. The molecule has 84 valence electrons. The molecule has 0 saturated carbocycles.